The normalized spacial score (nSPS) is 14.6. The van der Waals surface area contributed by atoms with E-state index in [1.807, 2.05) is 0 Å². The lowest BCUT2D eigenvalue weighted by Gasteiger charge is -2.11. The summed E-state index contributed by atoms with van der Waals surface area (Å²) in [5.74, 6) is 0. The third-order valence-electron chi connectivity index (χ3n) is 4.59. The molecule has 1 N–H and O–H groups in total. The van der Waals surface area contributed by atoms with Gasteiger partial charge in [-0.2, -0.15) is 5.10 Å². The maximum atomic E-state index is 4.67. The molecule has 0 bridgehead atoms. The molecule has 1 aliphatic rings. The minimum absolute atomic E-state index is 0.788. The summed E-state index contributed by atoms with van der Waals surface area (Å²) in [6, 6.07) is 9.55. The fraction of sp³-hybridized carbons (Fsp3) is 0.500. The Morgan fingerprint density at radius 3 is 2.48 bits per heavy atom. The zero-order valence-electron chi connectivity index (χ0n) is 13.3. The van der Waals surface area contributed by atoms with Crippen LogP contribution in [0.1, 0.15) is 40.9 Å². The van der Waals surface area contributed by atoms with Crippen LogP contribution in [-0.4, -0.2) is 22.4 Å². The van der Waals surface area contributed by atoms with E-state index in [0.29, 0.717) is 0 Å². The summed E-state index contributed by atoms with van der Waals surface area (Å²) >= 11 is 0. The van der Waals surface area contributed by atoms with E-state index in [1.165, 1.54) is 35.2 Å². The minimum Gasteiger partial charge on any atom is -0.314 e. The van der Waals surface area contributed by atoms with E-state index in [9.17, 15) is 0 Å². The van der Waals surface area contributed by atoms with Crippen molar-refractivity contribution in [3.8, 4) is 0 Å². The summed E-state index contributed by atoms with van der Waals surface area (Å²) in [5.41, 5.74) is 6.55. The molecule has 1 aliphatic carbocycles. The van der Waals surface area contributed by atoms with E-state index in [4.69, 9.17) is 0 Å². The lowest BCUT2D eigenvalue weighted by molar-refractivity contribution is 0.643. The van der Waals surface area contributed by atoms with Gasteiger partial charge in [-0.3, -0.25) is 4.68 Å². The fourth-order valence-corrected chi connectivity index (χ4v) is 2.76. The quantitative estimate of drug-likeness (QED) is 0.882. The molecule has 0 radical (unpaired) electrons. The van der Waals surface area contributed by atoms with Gasteiger partial charge in [-0.05, 0) is 63.3 Å². The molecule has 0 saturated heterocycles. The number of rotatable bonds is 6. The maximum absolute atomic E-state index is 4.67. The molecule has 3 nitrogen and oxygen atoms in total. The van der Waals surface area contributed by atoms with Gasteiger partial charge >= 0.3 is 0 Å². The molecule has 3 heteroatoms. The van der Waals surface area contributed by atoms with Crippen molar-refractivity contribution in [2.75, 3.05) is 6.54 Å². The average molecular weight is 283 g/mol. The zero-order valence-corrected chi connectivity index (χ0v) is 13.3. The number of hydrogen-bond donors (Lipinski definition) is 1. The Kier molecular flexibility index (Phi) is 4.11. The molecular weight excluding hydrogens is 258 g/mol. The fourth-order valence-electron chi connectivity index (χ4n) is 2.76. The van der Waals surface area contributed by atoms with E-state index >= 15 is 0 Å². The summed E-state index contributed by atoms with van der Waals surface area (Å²) in [6.45, 7) is 8.36. The highest BCUT2D eigenvalue weighted by Crippen LogP contribution is 2.19. The van der Waals surface area contributed by atoms with Crippen LogP contribution >= 0.6 is 0 Å². The van der Waals surface area contributed by atoms with Crippen LogP contribution in [0.3, 0.4) is 0 Å². The Morgan fingerprint density at radius 2 is 1.86 bits per heavy atom. The van der Waals surface area contributed by atoms with Crippen LogP contribution in [0.25, 0.3) is 0 Å². The summed E-state index contributed by atoms with van der Waals surface area (Å²) < 4.78 is 2.14. The van der Waals surface area contributed by atoms with Crippen molar-refractivity contribution < 1.29 is 0 Å². The van der Waals surface area contributed by atoms with Crippen LogP contribution in [0.2, 0.25) is 0 Å². The van der Waals surface area contributed by atoms with E-state index in [2.05, 4.69) is 60.1 Å². The molecule has 21 heavy (non-hydrogen) atoms. The third-order valence-corrected chi connectivity index (χ3v) is 4.59. The Hall–Kier alpha value is -1.61. The van der Waals surface area contributed by atoms with Crippen LogP contribution in [0.15, 0.2) is 24.3 Å². The lowest BCUT2D eigenvalue weighted by Crippen LogP contribution is -2.20. The molecule has 0 spiro atoms. The van der Waals surface area contributed by atoms with Gasteiger partial charge in [0.25, 0.3) is 0 Å². The summed E-state index contributed by atoms with van der Waals surface area (Å²) in [4.78, 5) is 0. The van der Waals surface area contributed by atoms with E-state index in [1.54, 1.807) is 0 Å². The van der Waals surface area contributed by atoms with Gasteiger partial charge in [-0.25, -0.2) is 0 Å². The molecule has 1 aromatic heterocycles. The van der Waals surface area contributed by atoms with Gasteiger partial charge in [-0.15, -0.1) is 0 Å². The Labute approximate surface area is 127 Å². The molecule has 0 amide bonds. The molecule has 0 aliphatic heterocycles. The van der Waals surface area contributed by atoms with Gasteiger partial charge < -0.3 is 5.32 Å². The highest BCUT2D eigenvalue weighted by molar-refractivity contribution is 5.29. The lowest BCUT2D eigenvalue weighted by atomic mass is 10.0. The molecule has 1 aromatic carbocycles. The molecular formula is C18H25N3. The van der Waals surface area contributed by atoms with Crippen molar-refractivity contribution in [3.05, 3.63) is 52.3 Å². The predicted molar refractivity (Wildman–Crippen MR) is 86.7 cm³/mol. The Balaban J connectivity index is 1.72. The molecule has 3 rings (SSSR count). The number of aryl methyl sites for hydroxylation is 1. The van der Waals surface area contributed by atoms with Crippen molar-refractivity contribution in [2.45, 2.75) is 52.6 Å². The minimum atomic E-state index is 0.788. The smallest absolute Gasteiger partial charge is 0.0665 e. The Morgan fingerprint density at radius 1 is 1.14 bits per heavy atom. The summed E-state index contributed by atoms with van der Waals surface area (Å²) in [6.07, 6.45) is 3.81. The van der Waals surface area contributed by atoms with Gasteiger partial charge in [0.1, 0.15) is 0 Å². The predicted octanol–water partition coefficient (Wildman–Crippen LogP) is 3.15. The van der Waals surface area contributed by atoms with Crippen molar-refractivity contribution >= 4 is 0 Å². The Bertz CT molecular complexity index is 623. The summed E-state index contributed by atoms with van der Waals surface area (Å²) in [5, 5.41) is 8.26. The van der Waals surface area contributed by atoms with Crippen molar-refractivity contribution in [3.63, 3.8) is 0 Å². The standard InChI is InChI=1S/C18H25N3/c1-13-14(2)20-21(15(13)3)12-17-7-5-4-6-16(17)10-11-19-18-8-9-18/h4-7,18-19H,8-12H2,1-3H3. The van der Waals surface area contributed by atoms with Crippen LogP contribution in [0.4, 0.5) is 0 Å². The number of aromatic nitrogens is 2. The first-order valence-corrected chi connectivity index (χ1v) is 7.96. The maximum Gasteiger partial charge on any atom is 0.0665 e. The SMILES string of the molecule is Cc1nn(Cc2ccccc2CCNC2CC2)c(C)c1C. The topological polar surface area (TPSA) is 29.9 Å². The molecule has 0 unspecified atom stereocenters. The molecule has 2 aromatic rings. The first kappa shape index (κ1) is 14.3. The first-order chi connectivity index (χ1) is 10.1. The van der Waals surface area contributed by atoms with Crippen molar-refractivity contribution in [1.82, 2.24) is 15.1 Å². The van der Waals surface area contributed by atoms with Crippen molar-refractivity contribution in [1.29, 1.82) is 0 Å². The van der Waals surface area contributed by atoms with Crippen LogP contribution in [0, 0.1) is 20.8 Å². The number of nitrogens with zero attached hydrogens (tertiary/aromatic N) is 2. The second-order valence-corrected chi connectivity index (χ2v) is 6.20. The number of benzene rings is 1. The molecule has 1 heterocycles. The molecule has 0 atom stereocenters. The second kappa shape index (κ2) is 6.02. The number of hydrogen-bond acceptors (Lipinski definition) is 2. The van der Waals surface area contributed by atoms with Gasteiger partial charge in [0.2, 0.25) is 0 Å². The van der Waals surface area contributed by atoms with E-state index in [-0.39, 0.29) is 0 Å². The van der Waals surface area contributed by atoms with Crippen LogP contribution < -0.4 is 5.32 Å². The third kappa shape index (κ3) is 3.35. The summed E-state index contributed by atoms with van der Waals surface area (Å²) in [7, 11) is 0. The van der Waals surface area contributed by atoms with Gasteiger partial charge in [0.15, 0.2) is 0 Å². The van der Waals surface area contributed by atoms with Crippen LogP contribution in [0.5, 0.6) is 0 Å². The van der Waals surface area contributed by atoms with Gasteiger partial charge in [0.05, 0.1) is 12.2 Å². The monoisotopic (exact) mass is 283 g/mol. The largest absolute Gasteiger partial charge is 0.314 e. The van der Waals surface area contributed by atoms with E-state index in [0.717, 1.165) is 31.2 Å². The van der Waals surface area contributed by atoms with Gasteiger partial charge in [0, 0.05) is 11.7 Å². The number of nitrogens with one attached hydrogen (secondary N) is 1. The van der Waals surface area contributed by atoms with Crippen molar-refractivity contribution in [2.24, 2.45) is 0 Å². The van der Waals surface area contributed by atoms with Gasteiger partial charge in [-0.1, -0.05) is 24.3 Å². The van der Waals surface area contributed by atoms with E-state index < -0.39 is 0 Å². The zero-order chi connectivity index (χ0) is 14.8. The average Bonchev–Trinajstić information content (AvgIpc) is 3.27. The highest BCUT2D eigenvalue weighted by Gasteiger charge is 2.19. The molecule has 1 fully saturated rings. The first-order valence-electron chi connectivity index (χ1n) is 7.96. The molecule has 112 valence electrons. The second-order valence-electron chi connectivity index (χ2n) is 6.20. The highest BCUT2D eigenvalue weighted by atomic mass is 15.3. The molecule has 1 saturated carbocycles. The van der Waals surface area contributed by atoms with Crippen LogP contribution in [-0.2, 0) is 13.0 Å².